The van der Waals surface area contributed by atoms with Gasteiger partial charge in [0.05, 0.1) is 22.9 Å². The zero-order valence-electron chi connectivity index (χ0n) is 12.4. The van der Waals surface area contributed by atoms with E-state index in [-0.39, 0.29) is 4.75 Å². The highest BCUT2D eigenvalue weighted by Gasteiger charge is 2.36. The van der Waals surface area contributed by atoms with Gasteiger partial charge < -0.3 is 15.8 Å². The highest BCUT2D eigenvalue weighted by Crippen LogP contribution is 2.43. The third kappa shape index (κ3) is 3.58. The maximum absolute atomic E-state index is 12.1. The average molecular weight is 329 g/mol. The molecule has 0 unspecified atom stereocenters. The molecule has 1 aliphatic carbocycles. The monoisotopic (exact) mass is 328 g/mol. The third-order valence-corrected chi connectivity index (χ3v) is 5.61. The molecule has 3 N–H and O–H groups in total. The fourth-order valence-corrected chi connectivity index (χ4v) is 3.66. The van der Waals surface area contributed by atoms with E-state index < -0.39 is 5.97 Å². The van der Waals surface area contributed by atoms with Crippen molar-refractivity contribution < 1.29 is 9.53 Å². The van der Waals surface area contributed by atoms with Crippen LogP contribution in [-0.2, 0) is 4.74 Å². The summed E-state index contributed by atoms with van der Waals surface area (Å²) in [6.45, 7) is 2.87. The standard InChI is InChI=1S/C15H21ClN2O2S/c1-3-20-14(19)11-7-10(17)8-12(16)13(11)18-9-15(21-2)5-4-6-15/h7-8,18H,3-6,9,17H2,1-2H3. The molecule has 21 heavy (non-hydrogen) atoms. The van der Waals surface area contributed by atoms with Crippen LogP contribution in [0.1, 0.15) is 36.5 Å². The molecule has 1 saturated carbocycles. The lowest BCUT2D eigenvalue weighted by atomic mass is 9.84. The Balaban J connectivity index is 2.22. The molecule has 0 atom stereocenters. The van der Waals surface area contributed by atoms with Gasteiger partial charge in [-0.05, 0) is 38.2 Å². The van der Waals surface area contributed by atoms with Crippen molar-refractivity contribution in [3.63, 3.8) is 0 Å². The molecule has 0 spiro atoms. The van der Waals surface area contributed by atoms with Crippen molar-refractivity contribution in [3.05, 3.63) is 22.7 Å². The van der Waals surface area contributed by atoms with E-state index in [1.54, 1.807) is 19.1 Å². The quantitative estimate of drug-likeness (QED) is 0.614. The van der Waals surface area contributed by atoms with Crippen LogP contribution >= 0.6 is 23.4 Å². The molecule has 0 amide bonds. The molecule has 0 heterocycles. The van der Waals surface area contributed by atoms with Crippen molar-refractivity contribution in [2.45, 2.75) is 30.9 Å². The number of benzene rings is 1. The largest absolute Gasteiger partial charge is 0.462 e. The van der Waals surface area contributed by atoms with Gasteiger partial charge in [-0.15, -0.1) is 0 Å². The Kier molecular flexibility index (Phi) is 5.27. The van der Waals surface area contributed by atoms with Gasteiger partial charge in [0, 0.05) is 17.0 Å². The SMILES string of the molecule is CCOC(=O)c1cc(N)cc(Cl)c1NCC1(SC)CCC1. The minimum absolute atomic E-state index is 0.247. The lowest BCUT2D eigenvalue weighted by Gasteiger charge is -2.41. The van der Waals surface area contributed by atoms with E-state index in [1.165, 1.54) is 19.3 Å². The number of carbonyl (C=O) groups is 1. The van der Waals surface area contributed by atoms with Crippen molar-refractivity contribution in [2.75, 3.05) is 30.5 Å². The van der Waals surface area contributed by atoms with Gasteiger partial charge in [-0.3, -0.25) is 0 Å². The summed E-state index contributed by atoms with van der Waals surface area (Å²) >= 11 is 8.12. The van der Waals surface area contributed by atoms with Crippen LogP contribution < -0.4 is 11.1 Å². The molecule has 1 aliphatic rings. The number of anilines is 2. The Labute approximate surface area is 134 Å². The number of esters is 1. The Bertz CT molecular complexity index is 527. The predicted molar refractivity (Wildman–Crippen MR) is 90.4 cm³/mol. The molecule has 116 valence electrons. The summed E-state index contributed by atoms with van der Waals surface area (Å²) in [7, 11) is 0. The molecular formula is C15H21ClN2O2S. The summed E-state index contributed by atoms with van der Waals surface area (Å²) < 4.78 is 5.33. The number of carbonyl (C=O) groups excluding carboxylic acids is 1. The van der Waals surface area contributed by atoms with Crippen LogP contribution in [0.2, 0.25) is 5.02 Å². The molecule has 2 rings (SSSR count). The van der Waals surface area contributed by atoms with Gasteiger partial charge in [0.2, 0.25) is 0 Å². The zero-order chi connectivity index (χ0) is 15.5. The van der Waals surface area contributed by atoms with Crippen LogP contribution in [0.15, 0.2) is 12.1 Å². The van der Waals surface area contributed by atoms with Gasteiger partial charge in [-0.2, -0.15) is 11.8 Å². The normalized spacial score (nSPS) is 16.1. The number of hydrogen-bond donors (Lipinski definition) is 2. The molecule has 0 bridgehead atoms. The summed E-state index contributed by atoms with van der Waals surface area (Å²) in [6, 6.07) is 3.26. The maximum Gasteiger partial charge on any atom is 0.340 e. The number of nitrogen functional groups attached to an aromatic ring is 1. The number of ether oxygens (including phenoxy) is 1. The summed E-state index contributed by atoms with van der Waals surface area (Å²) in [6.07, 6.45) is 5.74. The Morgan fingerprint density at radius 3 is 2.76 bits per heavy atom. The first kappa shape index (κ1) is 16.3. The van der Waals surface area contributed by atoms with E-state index in [9.17, 15) is 4.79 Å². The van der Waals surface area contributed by atoms with Gasteiger partial charge in [-0.1, -0.05) is 18.0 Å². The molecule has 6 heteroatoms. The molecule has 1 aromatic rings. The van der Waals surface area contributed by atoms with Crippen LogP contribution in [0.4, 0.5) is 11.4 Å². The van der Waals surface area contributed by atoms with Crippen LogP contribution in [0, 0.1) is 0 Å². The van der Waals surface area contributed by atoms with Gasteiger partial charge in [0.1, 0.15) is 0 Å². The second-order valence-electron chi connectivity index (χ2n) is 5.24. The van der Waals surface area contributed by atoms with E-state index in [4.69, 9.17) is 22.1 Å². The minimum atomic E-state index is -0.402. The summed E-state index contributed by atoms with van der Waals surface area (Å²) in [5, 5.41) is 3.79. The molecular weight excluding hydrogens is 308 g/mol. The van der Waals surface area contributed by atoms with Crippen LogP contribution in [0.3, 0.4) is 0 Å². The Morgan fingerprint density at radius 1 is 1.52 bits per heavy atom. The second kappa shape index (κ2) is 6.79. The number of hydrogen-bond acceptors (Lipinski definition) is 5. The maximum atomic E-state index is 12.1. The van der Waals surface area contributed by atoms with Crippen molar-refractivity contribution in [1.29, 1.82) is 0 Å². The van der Waals surface area contributed by atoms with E-state index in [0.29, 0.717) is 28.6 Å². The molecule has 0 aromatic heterocycles. The Morgan fingerprint density at radius 2 is 2.24 bits per heavy atom. The first-order valence-corrected chi connectivity index (χ1v) is 8.67. The molecule has 0 saturated heterocycles. The van der Waals surface area contributed by atoms with E-state index >= 15 is 0 Å². The summed E-state index contributed by atoms with van der Waals surface area (Å²) in [5.74, 6) is -0.402. The van der Waals surface area contributed by atoms with Crippen molar-refractivity contribution in [1.82, 2.24) is 0 Å². The Hall–Kier alpha value is -1.07. The zero-order valence-corrected chi connectivity index (χ0v) is 13.9. The first-order valence-electron chi connectivity index (χ1n) is 7.06. The lowest BCUT2D eigenvalue weighted by Crippen LogP contribution is -2.40. The fourth-order valence-electron chi connectivity index (χ4n) is 2.45. The summed E-state index contributed by atoms with van der Waals surface area (Å²) in [4.78, 5) is 12.1. The molecule has 0 radical (unpaired) electrons. The average Bonchev–Trinajstić information content (AvgIpc) is 2.39. The van der Waals surface area contributed by atoms with Crippen molar-refractivity contribution >= 4 is 40.7 Å². The van der Waals surface area contributed by atoms with Crippen LogP contribution in [0.5, 0.6) is 0 Å². The van der Waals surface area contributed by atoms with Gasteiger partial charge in [0.25, 0.3) is 0 Å². The minimum Gasteiger partial charge on any atom is -0.462 e. The highest BCUT2D eigenvalue weighted by molar-refractivity contribution is 8.00. The fraction of sp³-hybridized carbons (Fsp3) is 0.533. The third-order valence-electron chi connectivity index (χ3n) is 3.89. The van der Waals surface area contributed by atoms with E-state index in [1.807, 2.05) is 11.8 Å². The van der Waals surface area contributed by atoms with Crippen LogP contribution in [0.25, 0.3) is 0 Å². The van der Waals surface area contributed by atoms with Gasteiger partial charge in [0.15, 0.2) is 0 Å². The topological polar surface area (TPSA) is 64.3 Å². The number of rotatable bonds is 6. The number of halogens is 1. The second-order valence-corrected chi connectivity index (χ2v) is 6.92. The van der Waals surface area contributed by atoms with Crippen molar-refractivity contribution in [3.8, 4) is 0 Å². The van der Waals surface area contributed by atoms with Crippen LogP contribution in [-0.4, -0.2) is 30.1 Å². The van der Waals surface area contributed by atoms with Gasteiger partial charge >= 0.3 is 5.97 Å². The first-order chi connectivity index (χ1) is 10.0. The van der Waals surface area contributed by atoms with E-state index in [2.05, 4.69) is 11.6 Å². The predicted octanol–water partition coefficient (Wildman–Crippen LogP) is 3.80. The smallest absolute Gasteiger partial charge is 0.340 e. The van der Waals surface area contributed by atoms with E-state index in [0.717, 1.165) is 6.54 Å². The molecule has 4 nitrogen and oxygen atoms in total. The summed E-state index contributed by atoms with van der Waals surface area (Å²) in [5.41, 5.74) is 7.25. The molecule has 1 aromatic carbocycles. The molecule has 0 aliphatic heterocycles. The highest BCUT2D eigenvalue weighted by atomic mass is 35.5. The lowest BCUT2D eigenvalue weighted by molar-refractivity contribution is 0.0527. The number of nitrogens with two attached hydrogens (primary N) is 1. The number of thioether (sulfide) groups is 1. The van der Waals surface area contributed by atoms with Gasteiger partial charge in [-0.25, -0.2) is 4.79 Å². The van der Waals surface area contributed by atoms with Crippen molar-refractivity contribution in [2.24, 2.45) is 0 Å². The number of nitrogens with one attached hydrogen (secondary N) is 1. The molecule has 1 fully saturated rings.